The summed E-state index contributed by atoms with van der Waals surface area (Å²) in [6.07, 6.45) is 1.62. The standard InChI is InChI=1S/C15H17BrClNO3/c16-10-2-4-14(12(17)5-10)21-8-15(20)18-6-9-1-3-13(19)11(9)7-18/h2,4-5,9,11,13,19H,1,3,6-8H2. The number of hydrogen-bond donors (Lipinski definition) is 1. The molecule has 0 bridgehead atoms. The SMILES string of the molecule is O=C(COc1ccc(Br)cc1Cl)N1CC2CCC(O)C2C1. The van der Waals surface area contributed by atoms with E-state index in [1.165, 1.54) is 0 Å². The Kier molecular flexibility index (Phi) is 4.43. The fraction of sp³-hybridized carbons (Fsp3) is 0.533. The van der Waals surface area contributed by atoms with Gasteiger partial charge in [0.2, 0.25) is 0 Å². The van der Waals surface area contributed by atoms with E-state index in [0.29, 0.717) is 23.2 Å². The van der Waals surface area contributed by atoms with Gasteiger partial charge in [0.15, 0.2) is 6.61 Å². The molecule has 1 heterocycles. The molecule has 1 amide bonds. The summed E-state index contributed by atoms with van der Waals surface area (Å²) in [5.74, 6) is 1.15. The molecule has 1 aromatic rings. The van der Waals surface area contributed by atoms with Crippen LogP contribution in [0.3, 0.4) is 0 Å². The number of halogens is 2. The summed E-state index contributed by atoms with van der Waals surface area (Å²) in [7, 11) is 0. The van der Waals surface area contributed by atoms with Gasteiger partial charge in [-0.3, -0.25) is 4.79 Å². The summed E-state index contributed by atoms with van der Waals surface area (Å²) in [5.41, 5.74) is 0. The summed E-state index contributed by atoms with van der Waals surface area (Å²) in [6, 6.07) is 5.29. The first-order valence-corrected chi connectivity index (χ1v) is 8.25. The molecule has 2 aliphatic rings. The lowest BCUT2D eigenvalue weighted by Gasteiger charge is -2.19. The third kappa shape index (κ3) is 3.20. The largest absolute Gasteiger partial charge is 0.482 e. The van der Waals surface area contributed by atoms with Crippen molar-refractivity contribution in [2.24, 2.45) is 11.8 Å². The highest BCUT2D eigenvalue weighted by atomic mass is 79.9. The van der Waals surface area contributed by atoms with Gasteiger partial charge in [-0.05, 0) is 37.0 Å². The molecule has 3 atom stereocenters. The number of carbonyl (C=O) groups excluding carboxylic acids is 1. The maximum atomic E-state index is 12.2. The molecule has 0 radical (unpaired) electrons. The van der Waals surface area contributed by atoms with Crippen molar-refractivity contribution >= 4 is 33.4 Å². The van der Waals surface area contributed by atoms with E-state index in [9.17, 15) is 9.90 Å². The molecule has 3 unspecified atom stereocenters. The Labute approximate surface area is 137 Å². The van der Waals surface area contributed by atoms with E-state index in [4.69, 9.17) is 16.3 Å². The van der Waals surface area contributed by atoms with E-state index in [1.54, 1.807) is 17.0 Å². The quantitative estimate of drug-likeness (QED) is 0.885. The highest BCUT2D eigenvalue weighted by molar-refractivity contribution is 9.10. The van der Waals surface area contributed by atoms with Gasteiger partial charge >= 0.3 is 0 Å². The molecule has 0 spiro atoms. The Hall–Kier alpha value is -0.780. The van der Waals surface area contributed by atoms with Gasteiger partial charge in [0, 0.05) is 23.5 Å². The molecule has 4 nitrogen and oxygen atoms in total. The maximum absolute atomic E-state index is 12.2. The highest BCUT2D eigenvalue weighted by Gasteiger charge is 2.43. The maximum Gasteiger partial charge on any atom is 0.260 e. The first kappa shape index (κ1) is 15.1. The molecule has 1 aliphatic carbocycles. The van der Waals surface area contributed by atoms with Gasteiger partial charge in [-0.2, -0.15) is 0 Å². The van der Waals surface area contributed by atoms with E-state index in [1.807, 2.05) is 6.07 Å². The van der Waals surface area contributed by atoms with Crippen molar-refractivity contribution in [2.45, 2.75) is 18.9 Å². The van der Waals surface area contributed by atoms with Gasteiger partial charge in [-0.15, -0.1) is 0 Å². The molecule has 0 aromatic heterocycles. The molecule has 6 heteroatoms. The summed E-state index contributed by atoms with van der Waals surface area (Å²) < 4.78 is 6.38. The third-order valence-electron chi connectivity index (χ3n) is 4.42. The number of aliphatic hydroxyl groups excluding tert-OH is 1. The minimum Gasteiger partial charge on any atom is -0.482 e. The topological polar surface area (TPSA) is 49.8 Å². The zero-order valence-corrected chi connectivity index (χ0v) is 13.8. The second-order valence-electron chi connectivity index (χ2n) is 5.73. The summed E-state index contributed by atoms with van der Waals surface area (Å²) >= 11 is 9.38. The van der Waals surface area contributed by atoms with Crippen molar-refractivity contribution in [3.8, 4) is 5.75 Å². The Morgan fingerprint density at radius 3 is 2.95 bits per heavy atom. The average Bonchev–Trinajstić information content (AvgIpc) is 3.00. The fourth-order valence-corrected chi connectivity index (χ4v) is 3.99. The molecular weight excluding hydrogens is 358 g/mol. The molecule has 2 fully saturated rings. The van der Waals surface area contributed by atoms with E-state index in [-0.39, 0.29) is 24.5 Å². The number of nitrogens with zero attached hydrogens (tertiary/aromatic N) is 1. The van der Waals surface area contributed by atoms with Crippen LogP contribution in [0.2, 0.25) is 5.02 Å². The Bertz CT molecular complexity index is 554. The van der Waals surface area contributed by atoms with E-state index in [0.717, 1.165) is 23.9 Å². The van der Waals surface area contributed by atoms with Crippen LogP contribution in [0, 0.1) is 11.8 Å². The predicted octanol–water partition coefficient (Wildman–Crippen LogP) is 2.71. The number of benzene rings is 1. The third-order valence-corrected chi connectivity index (χ3v) is 5.21. The van der Waals surface area contributed by atoms with Crippen LogP contribution in [0.5, 0.6) is 5.75 Å². The number of amides is 1. The number of aliphatic hydroxyl groups is 1. The molecule has 1 aliphatic heterocycles. The number of fused-ring (bicyclic) bond motifs is 1. The monoisotopic (exact) mass is 373 g/mol. The second-order valence-corrected chi connectivity index (χ2v) is 7.05. The van der Waals surface area contributed by atoms with E-state index < -0.39 is 0 Å². The van der Waals surface area contributed by atoms with Crippen molar-refractivity contribution in [1.29, 1.82) is 0 Å². The van der Waals surface area contributed by atoms with Gasteiger partial charge in [0.1, 0.15) is 5.75 Å². The molecule has 1 N–H and O–H groups in total. The molecule has 3 rings (SSSR count). The number of hydrogen-bond acceptors (Lipinski definition) is 3. The normalized spacial score (nSPS) is 27.8. The highest BCUT2D eigenvalue weighted by Crippen LogP contribution is 2.38. The van der Waals surface area contributed by atoms with Crippen molar-refractivity contribution < 1.29 is 14.6 Å². The van der Waals surface area contributed by atoms with Crippen LogP contribution < -0.4 is 4.74 Å². The van der Waals surface area contributed by atoms with Crippen molar-refractivity contribution in [1.82, 2.24) is 4.90 Å². The predicted molar refractivity (Wildman–Crippen MR) is 83.4 cm³/mol. The molecule has 21 heavy (non-hydrogen) atoms. The van der Waals surface area contributed by atoms with Crippen LogP contribution in [0.1, 0.15) is 12.8 Å². The Balaban J connectivity index is 1.55. The zero-order valence-electron chi connectivity index (χ0n) is 11.5. The summed E-state index contributed by atoms with van der Waals surface area (Å²) in [5, 5.41) is 10.4. The molecule has 1 saturated heterocycles. The van der Waals surface area contributed by atoms with Gasteiger partial charge in [0.25, 0.3) is 5.91 Å². The number of rotatable bonds is 3. The number of ether oxygens (including phenoxy) is 1. The van der Waals surface area contributed by atoms with Crippen molar-refractivity contribution in [2.75, 3.05) is 19.7 Å². The van der Waals surface area contributed by atoms with Crippen LogP contribution >= 0.6 is 27.5 Å². The van der Waals surface area contributed by atoms with Gasteiger partial charge in [-0.25, -0.2) is 0 Å². The second kappa shape index (κ2) is 6.15. The van der Waals surface area contributed by atoms with Crippen LogP contribution in [-0.2, 0) is 4.79 Å². The first-order chi connectivity index (χ1) is 10.0. The summed E-state index contributed by atoms with van der Waals surface area (Å²) in [6.45, 7) is 1.36. The minimum absolute atomic E-state index is 0.0170. The van der Waals surface area contributed by atoms with Gasteiger partial charge in [-0.1, -0.05) is 27.5 Å². The van der Waals surface area contributed by atoms with Crippen LogP contribution in [0.15, 0.2) is 22.7 Å². The van der Waals surface area contributed by atoms with Gasteiger partial charge in [0.05, 0.1) is 11.1 Å². The number of likely N-dealkylation sites (tertiary alicyclic amines) is 1. The molecular formula is C15H17BrClNO3. The zero-order chi connectivity index (χ0) is 15.0. The van der Waals surface area contributed by atoms with E-state index in [2.05, 4.69) is 15.9 Å². The Morgan fingerprint density at radius 2 is 2.24 bits per heavy atom. The first-order valence-electron chi connectivity index (χ1n) is 7.08. The van der Waals surface area contributed by atoms with Crippen LogP contribution in [-0.4, -0.2) is 41.7 Å². The molecule has 1 saturated carbocycles. The average molecular weight is 375 g/mol. The van der Waals surface area contributed by atoms with Crippen molar-refractivity contribution in [3.63, 3.8) is 0 Å². The lowest BCUT2D eigenvalue weighted by Crippen LogP contribution is -2.34. The van der Waals surface area contributed by atoms with Crippen molar-refractivity contribution in [3.05, 3.63) is 27.7 Å². The lowest BCUT2D eigenvalue weighted by molar-refractivity contribution is -0.132. The van der Waals surface area contributed by atoms with Gasteiger partial charge < -0.3 is 14.7 Å². The lowest BCUT2D eigenvalue weighted by atomic mass is 10.00. The minimum atomic E-state index is -0.255. The van der Waals surface area contributed by atoms with E-state index >= 15 is 0 Å². The van der Waals surface area contributed by atoms with Crippen LogP contribution in [0.25, 0.3) is 0 Å². The fourth-order valence-electron chi connectivity index (χ4n) is 3.26. The number of carbonyl (C=O) groups is 1. The summed E-state index contributed by atoms with van der Waals surface area (Å²) in [4.78, 5) is 14.0. The van der Waals surface area contributed by atoms with Crippen LogP contribution in [0.4, 0.5) is 0 Å². The molecule has 1 aromatic carbocycles. The Morgan fingerprint density at radius 1 is 1.43 bits per heavy atom. The smallest absolute Gasteiger partial charge is 0.260 e. The molecule has 114 valence electrons.